The van der Waals surface area contributed by atoms with Gasteiger partial charge in [-0.05, 0) is 37.0 Å². The van der Waals surface area contributed by atoms with Crippen molar-refractivity contribution in [2.24, 2.45) is 0 Å². The normalized spacial score (nSPS) is 18.0. The van der Waals surface area contributed by atoms with Gasteiger partial charge < -0.3 is 14.7 Å². The van der Waals surface area contributed by atoms with Crippen molar-refractivity contribution in [2.75, 3.05) is 13.2 Å². The summed E-state index contributed by atoms with van der Waals surface area (Å²) in [7, 11) is 0. The van der Waals surface area contributed by atoms with Crippen LogP contribution in [0.15, 0.2) is 28.7 Å². The highest BCUT2D eigenvalue weighted by Gasteiger charge is 2.27. The van der Waals surface area contributed by atoms with Gasteiger partial charge in [0.05, 0.1) is 6.42 Å². The fraction of sp³-hybridized carbons (Fsp3) is 0.500. The van der Waals surface area contributed by atoms with E-state index in [1.54, 1.807) is 4.90 Å². The maximum absolute atomic E-state index is 12.6. The largest absolute Gasteiger partial charge is 0.481 e. The molecule has 1 N–H and O–H groups in total. The standard InChI is InChI=1S/C16H20BrNO4/c17-13-5-3-4-12(10-13)11-18(8-7-15(19)20)16(21)14-6-1-2-9-22-14/h3-5,10,14H,1-2,6-9,11H2,(H,19,20). The Hall–Kier alpha value is -1.40. The summed E-state index contributed by atoms with van der Waals surface area (Å²) < 4.78 is 6.48. The summed E-state index contributed by atoms with van der Waals surface area (Å²) in [6, 6.07) is 7.67. The van der Waals surface area contributed by atoms with E-state index in [1.807, 2.05) is 24.3 Å². The third kappa shape index (κ3) is 5.10. The smallest absolute Gasteiger partial charge is 0.305 e. The second-order valence-electron chi connectivity index (χ2n) is 5.39. The van der Waals surface area contributed by atoms with E-state index in [1.165, 1.54) is 0 Å². The van der Waals surface area contributed by atoms with Crippen LogP contribution >= 0.6 is 15.9 Å². The summed E-state index contributed by atoms with van der Waals surface area (Å²) in [5.41, 5.74) is 0.962. The zero-order valence-electron chi connectivity index (χ0n) is 12.3. The van der Waals surface area contributed by atoms with E-state index in [-0.39, 0.29) is 18.9 Å². The molecule has 1 aliphatic rings. The highest BCUT2D eigenvalue weighted by atomic mass is 79.9. The molecule has 0 spiro atoms. The van der Waals surface area contributed by atoms with Crippen molar-refractivity contribution in [1.82, 2.24) is 4.90 Å². The molecule has 1 fully saturated rings. The number of halogens is 1. The second kappa shape index (κ2) is 8.29. The number of hydrogen-bond acceptors (Lipinski definition) is 3. The minimum atomic E-state index is -0.906. The molecule has 0 aromatic heterocycles. The van der Waals surface area contributed by atoms with Crippen LogP contribution < -0.4 is 0 Å². The maximum atomic E-state index is 12.6. The molecule has 1 heterocycles. The van der Waals surface area contributed by atoms with Crippen molar-refractivity contribution >= 4 is 27.8 Å². The van der Waals surface area contributed by atoms with Crippen LogP contribution in [0.3, 0.4) is 0 Å². The molecule has 1 aromatic carbocycles. The molecule has 1 amide bonds. The Balaban J connectivity index is 2.07. The summed E-state index contributed by atoms with van der Waals surface area (Å²) >= 11 is 3.41. The molecule has 1 aromatic rings. The van der Waals surface area contributed by atoms with Crippen molar-refractivity contribution in [3.05, 3.63) is 34.3 Å². The topological polar surface area (TPSA) is 66.8 Å². The van der Waals surface area contributed by atoms with Gasteiger partial charge in [-0.2, -0.15) is 0 Å². The lowest BCUT2D eigenvalue weighted by atomic mass is 10.1. The summed E-state index contributed by atoms with van der Waals surface area (Å²) in [5, 5.41) is 8.89. The zero-order valence-corrected chi connectivity index (χ0v) is 13.9. The second-order valence-corrected chi connectivity index (χ2v) is 6.30. The summed E-state index contributed by atoms with van der Waals surface area (Å²) in [6.45, 7) is 1.19. The number of carboxylic acids is 1. The number of carbonyl (C=O) groups excluding carboxylic acids is 1. The molecule has 1 aliphatic heterocycles. The Morgan fingerprint density at radius 2 is 2.18 bits per heavy atom. The van der Waals surface area contributed by atoms with Crippen molar-refractivity contribution in [2.45, 2.75) is 38.3 Å². The molecule has 1 unspecified atom stereocenters. The van der Waals surface area contributed by atoms with Crippen LogP contribution in [0, 0.1) is 0 Å². The van der Waals surface area contributed by atoms with Gasteiger partial charge in [-0.25, -0.2) is 0 Å². The number of benzene rings is 1. The van der Waals surface area contributed by atoms with Gasteiger partial charge in [0.2, 0.25) is 0 Å². The van der Waals surface area contributed by atoms with E-state index in [9.17, 15) is 9.59 Å². The molecular formula is C16H20BrNO4. The van der Waals surface area contributed by atoms with Gasteiger partial charge in [0, 0.05) is 24.2 Å². The Kier molecular flexibility index (Phi) is 6.39. The number of amides is 1. The van der Waals surface area contributed by atoms with E-state index >= 15 is 0 Å². The first-order chi connectivity index (χ1) is 10.6. The monoisotopic (exact) mass is 369 g/mol. The van der Waals surface area contributed by atoms with Gasteiger partial charge in [-0.15, -0.1) is 0 Å². The lowest BCUT2D eigenvalue weighted by molar-refractivity contribution is -0.148. The summed E-state index contributed by atoms with van der Waals surface area (Å²) in [4.78, 5) is 25.0. The molecule has 1 atom stereocenters. The predicted octanol–water partition coefficient (Wildman–Crippen LogP) is 2.82. The van der Waals surface area contributed by atoms with E-state index in [2.05, 4.69) is 15.9 Å². The Labute approximate surface area is 138 Å². The summed E-state index contributed by atoms with van der Waals surface area (Å²) in [6.07, 6.45) is 2.16. The molecular weight excluding hydrogens is 350 g/mol. The van der Waals surface area contributed by atoms with Crippen LogP contribution in [0.25, 0.3) is 0 Å². The molecule has 0 saturated carbocycles. The average molecular weight is 370 g/mol. The molecule has 0 aliphatic carbocycles. The molecule has 2 rings (SSSR count). The predicted molar refractivity (Wildman–Crippen MR) is 85.4 cm³/mol. The minimum absolute atomic E-state index is 0.0630. The molecule has 1 saturated heterocycles. The number of rotatable bonds is 6. The molecule has 5 nitrogen and oxygen atoms in total. The van der Waals surface area contributed by atoms with Crippen LogP contribution in [-0.2, 0) is 20.9 Å². The van der Waals surface area contributed by atoms with Gasteiger partial charge in [0.25, 0.3) is 5.91 Å². The fourth-order valence-electron chi connectivity index (χ4n) is 2.49. The van der Waals surface area contributed by atoms with Crippen molar-refractivity contribution in [3.8, 4) is 0 Å². The third-order valence-electron chi connectivity index (χ3n) is 3.62. The van der Waals surface area contributed by atoms with Gasteiger partial charge >= 0.3 is 5.97 Å². The van der Waals surface area contributed by atoms with Crippen molar-refractivity contribution < 1.29 is 19.4 Å². The lowest BCUT2D eigenvalue weighted by Crippen LogP contribution is -2.42. The zero-order chi connectivity index (χ0) is 15.9. The van der Waals surface area contributed by atoms with Crippen molar-refractivity contribution in [1.29, 1.82) is 0 Å². The number of hydrogen-bond donors (Lipinski definition) is 1. The van der Waals surface area contributed by atoms with Crippen LogP contribution in [0.1, 0.15) is 31.2 Å². The van der Waals surface area contributed by atoms with Crippen LogP contribution in [0.5, 0.6) is 0 Å². The highest BCUT2D eigenvalue weighted by molar-refractivity contribution is 9.10. The lowest BCUT2D eigenvalue weighted by Gasteiger charge is -2.29. The van der Waals surface area contributed by atoms with Crippen molar-refractivity contribution in [3.63, 3.8) is 0 Å². The maximum Gasteiger partial charge on any atom is 0.305 e. The van der Waals surface area contributed by atoms with E-state index in [0.717, 1.165) is 22.9 Å². The average Bonchev–Trinajstić information content (AvgIpc) is 2.51. The number of aliphatic carboxylic acids is 1. The van der Waals surface area contributed by atoms with Gasteiger partial charge in [-0.3, -0.25) is 9.59 Å². The van der Waals surface area contributed by atoms with Crippen LogP contribution in [-0.4, -0.2) is 41.1 Å². The number of carbonyl (C=O) groups is 2. The SMILES string of the molecule is O=C(O)CCN(Cc1cccc(Br)c1)C(=O)C1CCCCO1. The first kappa shape index (κ1) is 17.0. The highest BCUT2D eigenvalue weighted by Crippen LogP contribution is 2.18. The van der Waals surface area contributed by atoms with Gasteiger partial charge in [0.1, 0.15) is 6.10 Å². The van der Waals surface area contributed by atoms with Crippen LogP contribution in [0.4, 0.5) is 0 Å². The number of nitrogens with zero attached hydrogens (tertiary/aromatic N) is 1. The molecule has 0 radical (unpaired) electrons. The number of carboxylic acid groups (broad SMARTS) is 1. The molecule has 0 bridgehead atoms. The van der Waals surface area contributed by atoms with E-state index < -0.39 is 12.1 Å². The first-order valence-corrected chi connectivity index (χ1v) is 8.22. The van der Waals surface area contributed by atoms with E-state index in [0.29, 0.717) is 19.6 Å². The molecule has 6 heteroatoms. The number of ether oxygens (including phenoxy) is 1. The van der Waals surface area contributed by atoms with Crippen LogP contribution in [0.2, 0.25) is 0 Å². The molecule has 22 heavy (non-hydrogen) atoms. The fourth-order valence-corrected chi connectivity index (χ4v) is 2.94. The quantitative estimate of drug-likeness (QED) is 0.836. The van der Waals surface area contributed by atoms with E-state index in [4.69, 9.17) is 9.84 Å². The molecule has 120 valence electrons. The summed E-state index contributed by atoms with van der Waals surface area (Å²) in [5.74, 6) is -1.02. The Bertz CT molecular complexity index is 529. The van der Waals surface area contributed by atoms with Gasteiger partial charge in [0.15, 0.2) is 0 Å². The Morgan fingerprint density at radius 3 is 2.82 bits per heavy atom. The first-order valence-electron chi connectivity index (χ1n) is 7.43. The third-order valence-corrected chi connectivity index (χ3v) is 4.12. The Morgan fingerprint density at radius 1 is 1.36 bits per heavy atom. The minimum Gasteiger partial charge on any atom is -0.481 e. The van der Waals surface area contributed by atoms with Gasteiger partial charge in [-0.1, -0.05) is 28.1 Å².